The minimum Gasteiger partial charge on any atom is -0.374 e. The number of ether oxygens (including phenoxy) is 1. The Kier molecular flexibility index (Phi) is 4.98. The summed E-state index contributed by atoms with van der Waals surface area (Å²) < 4.78 is 7.56. The molecule has 1 aliphatic heterocycles. The van der Waals surface area contributed by atoms with Crippen molar-refractivity contribution in [1.82, 2.24) is 14.5 Å². The van der Waals surface area contributed by atoms with Crippen molar-refractivity contribution in [2.24, 2.45) is 7.05 Å². The summed E-state index contributed by atoms with van der Waals surface area (Å²) in [7, 11) is 1.77. The summed E-state index contributed by atoms with van der Waals surface area (Å²) >= 11 is 0. The molecule has 1 saturated heterocycles. The van der Waals surface area contributed by atoms with Crippen molar-refractivity contribution >= 4 is 5.95 Å². The van der Waals surface area contributed by atoms with E-state index in [0.29, 0.717) is 31.3 Å². The van der Waals surface area contributed by atoms with Crippen LogP contribution in [0.5, 0.6) is 0 Å². The Hall–Kier alpha value is -2.99. The van der Waals surface area contributed by atoms with Crippen LogP contribution in [0.3, 0.4) is 0 Å². The summed E-state index contributed by atoms with van der Waals surface area (Å²) in [6, 6.07) is 15.6. The van der Waals surface area contributed by atoms with Crippen molar-refractivity contribution < 1.29 is 4.74 Å². The number of aromatic nitrogens is 3. The molecule has 6 nitrogen and oxygen atoms in total. The van der Waals surface area contributed by atoms with Gasteiger partial charge in [0, 0.05) is 50.6 Å². The van der Waals surface area contributed by atoms with E-state index in [1.807, 2.05) is 30.3 Å². The summed E-state index contributed by atoms with van der Waals surface area (Å²) in [5.74, 6) is 0.677. The Morgan fingerprint density at radius 1 is 1.15 bits per heavy atom. The molecule has 1 atom stereocenters. The lowest BCUT2D eigenvalue weighted by molar-refractivity contribution is 0.0403. The second-order valence-electron chi connectivity index (χ2n) is 6.70. The van der Waals surface area contributed by atoms with Gasteiger partial charge in [0.15, 0.2) is 0 Å². The smallest absolute Gasteiger partial charge is 0.255 e. The molecule has 1 unspecified atom stereocenters. The van der Waals surface area contributed by atoms with Crippen LogP contribution >= 0.6 is 0 Å². The van der Waals surface area contributed by atoms with Crippen LogP contribution in [0.1, 0.15) is 5.56 Å². The first-order chi connectivity index (χ1) is 13.2. The van der Waals surface area contributed by atoms with Crippen molar-refractivity contribution in [3.05, 3.63) is 76.8 Å². The molecule has 6 heteroatoms. The minimum absolute atomic E-state index is 0.0714. The van der Waals surface area contributed by atoms with Gasteiger partial charge in [-0.15, -0.1) is 0 Å². The molecular formula is C21H22N4O2. The summed E-state index contributed by atoms with van der Waals surface area (Å²) in [4.78, 5) is 23.4. The number of hydrogen-bond acceptors (Lipinski definition) is 5. The van der Waals surface area contributed by atoms with E-state index in [9.17, 15) is 4.79 Å². The van der Waals surface area contributed by atoms with E-state index in [-0.39, 0.29) is 11.7 Å². The molecule has 0 N–H and O–H groups in total. The molecule has 3 heterocycles. The van der Waals surface area contributed by atoms with Gasteiger partial charge in [0.1, 0.15) is 0 Å². The van der Waals surface area contributed by atoms with E-state index in [2.05, 4.69) is 22.0 Å². The summed E-state index contributed by atoms with van der Waals surface area (Å²) in [6.45, 7) is 2.03. The van der Waals surface area contributed by atoms with Crippen LogP contribution in [0.4, 0.5) is 5.95 Å². The van der Waals surface area contributed by atoms with Crippen LogP contribution in [0.15, 0.2) is 65.7 Å². The number of anilines is 1. The third-order valence-electron chi connectivity index (χ3n) is 4.82. The molecule has 0 bridgehead atoms. The third kappa shape index (κ3) is 3.90. The zero-order valence-electron chi connectivity index (χ0n) is 15.3. The molecule has 0 saturated carbocycles. The number of morpholine rings is 1. The van der Waals surface area contributed by atoms with Gasteiger partial charge in [-0.25, -0.2) is 4.98 Å². The number of rotatable bonds is 4. The topological polar surface area (TPSA) is 60.2 Å². The van der Waals surface area contributed by atoms with Crippen molar-refractivity contribution in [2.75, 3.05) is 24.6 Å². The fourth-order valence-corrected chi connectivity index (χ4v) is 3.38. The average Bonchev–Trinajstić information content (AvgIpc) is 2.71. The molecule has 1 aromatic carbocycles. The van der Waals surface area contributed by atoms with Gasteiger partial charge >= 0.3 is 0 Å². The summed E-state index contributed by atoms with van der Waals surface area (Å²) in [5, 5.41) is 0. The van der Waals surface area contributed by atoms with Crippen molar-refractivity contribution in [3.63, 3.8) is 0 Å². The number of benzene rings is 1. The van der Waals surface area contributed by atoms with E-state index in [4.69, 9.17) is 9.72 Å². The van der Waals surface area contributed by atoms with Gasteiger partial charge in [-0.2, -0.15) is 0 Å². The fourth-order valence-electron chi connectivity index (χ4n) is 3.38. The van der Waals surface area contributed by atoms with Crippen LogP contribution in [0, 0.1) is 0 Å². The molecule has 1 fully saturated rings. The molecule has 0 radical (unpaired) electrons. The number of hydrogen-bond donors (Lipinski definition) is 0. The highest BCUT2D eigenvalue weighted by atomic mass is 16.5. The monoisotopic (exact) mass is 362 g/mol. The van der Waals surface area contributed by atoms with Gasteiger partial charge in [-0.1, -0.05) is 30.3 Å². The summed E-state index contributed by atoms with van der Waals surface area (Å²) in [6.07, 6.45) is 4.33. The predicted octanol–water partition coefficient (Wildman–Crippen LogP) is 2.29. The van der Waals surface area contributed by atoms with Gasteiger partial charge in [0.05, 0.1) is 18.4 Å². The van der Waals surface area contributed by atoms with Gasteiger partial charge in [0.25, 0.3) is 5.56 Å². The molecule has 4 rings (SSSR count). The highest BCUT2D eigenvalue weighted by Gasteiger charge is 2.24. The van der Waals surface area contributed by atoms with Gasteiger partial charge < -0.3 is 9.64 Å². The van der Waals surface area contributed by atoms with Crippen molar-refractivity contribution in [2.45, 2.75) is 12.5 Å². The predicted molar refractivity (Wildman–Crippen MR) is 105 cm³/mol. The first-order valence-corrected chi connectivity index (χ1v) is 9.09. The van der Waals surface area contributed by atoms with Gasteiger partial charge in [0.2, 0.25) is 5.95 Å². The zero-order chi connectivity index (χ0) is 18.6. The second kappa shape index (κ2) is 7.72. The zero-order valence-corrected chi connectivity index (χ0v) is 15.3. The summed E-state index contributed by atoms with van der Waals surface area (Å²) in [5.41, 5.74) is 2.73. The van der Waals surface area contributed by atoms with Crippen LogP contribution in [0.2, 0.25) is 0 Å². The highest BCUT2D eigenvalue weighted by Crippen LogP contribution is 2.20. The maximum absolute atomic E-state index is 12.5. The Morgan fingerprint density at radius 3 is 2.70 bits per heavy atom. The van der Waals surface area contributed by atoms with E-state index in [0.717, 1.165) is 12.0 Å². The lowest BCUT2D eigenvalue weighted by atomic mass is 10.1. The highest BCUT2D eigenvalue weighted by molar-refractivity contribution is 5.59. The lowest BCUT2D eigenvalue weighted by Gasteiger charge is -2.34. The third-order valence-corrected chi connectivity index (χ3v) is 4.82. The van der Waals surface area contributed by atoms with Crippen LogP contribution < -0.4 is 10.5 Å². The number of nitrogens with zero attached hydrogens (tertiary/aromatic N) is 4. The molecular weight excluding hydrogens is 340 g/mol. The Morgan fingerprint density at radius 2 is 1.93 bits per heavy atom. The molecule has 0 amide bonds. The van der Waals surface area contributed by atoms with E-state index >= 15 is 0 Å². The molecule has 3 aromatic rings. The maximum Gasteiger partial charge on any atom is 0.255 e. The Bertz CT molecular complexity index is 957. The maximum atomic E-state index is 12.5. The van der Waals surface area contributed by atoms with Crippen molar-refractivity contribution in [1.29, 1.82) is 0 Å². The number of pyridine rings is 1. The average molecular weight is 362 g/mol. The van der Waals surface area contributed by atoms with Crippen molar-refractivity contribution in [3.8, 4) is 11.3 Å². The quantitative estimate of drug-likeness (QED) is 0.713. The SMILES string of the molecule is Cn1c(N2CCOC(Cc3ccccc3)C2)nc(-c2ccncc2)cc1=O. The molecule has 2 aromatic heterocycles. The van der Waals surface area contributed by atoms with Crippen LogP contribution in [0.25, 0.3) is 11.3 Å². The van der Waals surface area contributed by atoms with Gasteiger partial charge in [-0.05, 0) is 17.7 Å². The Labute approximate surface area is 158 Å². The van der Waals surface area contributed by atoms with E-state index in [1.54, 1.807) is 30.1 Å². The first-order valence-electron chi connectivity index (χ1n) is 9.09. The molecule has 1 aliphatic rings. The normalized spacial score (nSPS) is 17.1. The van der Waals surface area contributed by atoms with E-state index in [1.165, 1.54) is 5.56 Å². The Balaban J connectivity index is 1.60. The standard InChI is InChI=1S/C21H22N4O2/c1-24-20(26)14-19(17-7-9-22-10-8-17)23-21(24)25-11-12-27-18(15-25)13-16-5-3-2-4-6-16/h2-10,14,18H,11-13,15H2,1H3. The van der Waals surface area contributed by atoms with E-state index < -0.39 is 0 Å². The van der Waals surface area contributed by atoms with Crippen LogP contribution in [-0.2, 0) is 18.2 Å². The lowest BCUT2D eigenvalue weighted by Crippen LogP contribution is -2.45. The molecule has 0 spiro atoms. The second-order valence-corrected chi connectivity index (χ2v) is 6.70. The van der Waals surface area contributed by atoms with Gasteiger partial charge in [-0.3, -0.25) is 14.3 Å². The molecule has 138 valence electrons. The van der Waals surface area contributed by atoms with Crippen LogP contribution in [-0.4, -0.2) is 40.3 Å². The largest absolute Gasteiger partial charge is 0.374 e. The molecule has 0 aliphatic carbocycles. The first kappa shape index (κ1) is 17.4. The fraction of sp³-hybridized carbons (Fsp3) is 0.286. The minimum atomic E-state index is -0.0714. The molecule has 27 heavy (non-hydrogen) atoms.